The van der Waals surface area contributed by atoms with Gasteiger partial charge in [-0.3, -0.25) is 0 Å². The van der Waals surface area contributed by atoms with Crippen LogP contribution >= 0.6 is 22.6 Å². The van der Waals surface area contributed by atoms with Crippen LogP contribution in [-0.2, 0) is 47.1 Å². The van der Waals surface area contributed by atoms with E-state index in [9.17, 15) is 4.79 Å². The van der Waals surface area contributed by atoms with Crippen molar-refractivity contribution in [1.82, 2.24) is 20.1 Å². The number of halogens is 2. The number of hydrogen-bond acceptors (Lipinski definition) is 8. The van der Waals surface area contributed by atoms with Gasteiger partial charge in [-0.2, -0.15) is 5.10 Å². The van der Waals surface area contributed by atoms with Crippen LogP contribution < -0.4 is 15.4 Å². The van der Waals surface area contributed by atoms with Crippen LogP contribution in [0.1, 0.15) is 29.2 Å². The van der Waals surface area contributed by atoms with Crippen molar-refractivity contribution >= 4 is 61.6 Å². The number of carbonyl (C=O) groups is 1. The van der Waals surface area contributed by atoms with E-state index in [0.717, 1.165) is 48.9 Å². The number of nitrogens with one attached hydrogen (secondary N) is 2. The molecular weight excluding hydrogens is 857 g/mol. The molecule has 0 saturated carbocycles. The number of ether oxygens (including phenoxy) is 4. The second-order valence-corrected chi connectivity index (χ2v) is 28.5. The monoisotopic (exact) mass is 911 g/mol. The average Bonchev–Trinajstić information content (AvgIpc) is 3.48. The van der Waals surface area contributed by atoms with Gasteiger partial charge in [0.25, 0.3) is 0 Å². The van der Waals surface area contributed by atoms with Gasteiger partial charge >= 0.3 is 6.09 Å². The molecule has 0 atom stereocenters. The van der Waals surface area contributed by atoms with Crippen molar-refractivity contribution in [3.05, 3.63) is 105 Å². The molecule has 0 aliphatic rings. The van der Waals surface area contributed by atoms with Crippen molar-refractivity contribution in [1.29, 1.82) is 0 Å². The highest BCUT2D eigenvalue weighted by Crippen LogP contribution is 2.35. The smallest absolute Gasteiger partial charge is 0.407 e. The van der Waals surface area contributed by atoms with E-state index in [1.165, 1.54) is 6.07 Å². The van der Waals surface area contributed by atoms with E-state index in [1.807, 2.05) is 72.3 Å². The minimum atomic E-state index is -1.28. The van der Waals surface area contributed by atoms with Gasteiger partial charge < -0.3 is 29.6 Å². The lowest BCUT2D eigenvalue weighted by Gasteiger charge is -2.17. The number of aryl methyl sites for hydroxylation is 1. The van der Waals surface area contributed by atoms with Gasteiger partial charge in [-0.05, 0) is 81.6 Å². The lowest BCUT2D eigenvalue weighted by molar-refractivity contribution is 0.0197. The Labute approximate surface area is 346 Å². The molecule has 0 spiro atoms. The van der Waals surface area contributed by atoms with Gasteiger partial charge in [0.15, 0.2) is 18.4 Å². The number of aromatic nitrogens is 3. The molecule has 1 amide bonds. The Kier molecular flexibility index (Phi) is 15.5. The summed E-state index contributed by atoms with van der Waals surface area (Å²) in [7, 11) is -2.53. The Morgan fingerprint density at radius 2 is 1.52 bits per heavy atom. The van der Waals surface area contributed by atoms with Crippen LogP contribution in [0.5, 0.6) is 5.75 Å². The van der Waals surface area contributed by atoms with Crippen LogP contribution in [0.2, 0.25) is 51.4 Å². The first-order chi connectivity index (χ1) is 26.7. The van der Waals surface area contributed by atoms with E-state index in [1.54, 1.807) is 6.07 Å². The first-order valence-electron chi connectivity index (χ1n) is 19.1. The fourth-order valence-electron chi connectivity index (χ4n) is 5.84. The minimum absolute atomic E-state index is 0.0105. The molecule has 0 bridgehead atoms. The van der Waals surface area contributed by atoms with Crippen LogP contribution in [0.25, 0.3) is 22.2 Å². The number of fused-ring (bicyclic) bond motifs is 1. The fraction of sp³-hybridized carbons (Fsp3) is 0.405. The van der Waals surface area contributed by atoms with Crippen LogP contribution in [0.15, 0.2) is 72.8 Å². The molecular formula is C42H55FIN5O5Si2. The van der Waals surface area contributed by atoms with Gasteiger partial charge in [-0.25, -0.2) is 18.9 Å². The Morgan fingerprint density at radius 1 is 0.857 bits per heavy atom. The van der Waals surface area contributed by atoms with E-state index in [0.29, 0.717) is 43.3 Å². The standard InChI is InChI=1S/C42H55FIN5O5Si2/c1-8-31-22-38(54-29-52-19-21-56(5,6)7)35(43)23-34(31)36-24-37-39(40(44)48-49(37)28-51-18-20-55(2,3)4)41(47-36)45-25-32-16-12-13-17-33(32)26-46-42(50)53-27-30-14-10-9-11-15-30/h9-17,22-24H,8,18-21,25-29H2,1-7H3,(H,45,47)(H,46,50). The molecule has 0 aliphatic carbocycles. The molecule has 300 valence electrons. The van der Waals surface area contributed by atoms with Crippen LogP contribution in [0.3, 0.4) is 0 Å². The molecule has 2 heterocycles. The van der Waals surface area contributed by atoms with Gasteiger partial charge in [-0.1, -0.05) is 101 Å². The number of nitrogens with zero attached hydrogens (tertiary/aromatic N) is 3. The zero-order chi connectivity index (χ0) is 40.3. The maximum atomic E-state index is 15.7. The number of anilines is 1. The maximum absolute atomic E-state index is 15.7. The Morgan fingerprint density at radius 3 is 2.20 bits per heavy atom. The number of benzene rings is 3. The quantitative estimate of drug-likeness (QED) is 0.0344. The van der Waals surface area contributed by atoms with Gasteiger partial charge in [-0.15, -0.1) is 0 Å². The molecule has 10 nitrogen and oxygen atoms in total. The highest BCUT2D eigenvalue weighted by Gasteiger charge is 2.21. The predicted octanol–water partition coefficient (Wildman–Crippen LogP) is 10.4. The average molecular weight is 912 g/mol. The van der Waals surface area contributed by atoms with Crippen molar-refractivity contribution < 1.29 is 28.1 Å². The second-order valence-electron chi connectivity index (χ2n) is 16.2. The molecule has 5 aromatic rings. The molecule has 3 aromatic carbocycles. The molecule has 0 aliphatic heterocycles. The molecule has 0 unspecified atom stereocenters. The first kappa shape index (κ1) is 43.3. The molecule has 14 heteroatoms. The molecule has 0 saturated heterocycles. The largest absolute Gasteiger partial charge is 0.464 e. The number of hydrogen-bond donors (Lipinski definition) is 2. The molecule has 56 heavy (non-hydrogen) atoms. The Bertz CT molecular complexity index is 2070. The topological polar surface area (TPSA) is 109 Å². The zero-order valence-electron chi connectivity index (χ0n) is 33.6. The summed E-state index contributed by atoms with van der Waals surface area (Å²) < 4.78 is 41.4. The van der Waals surface area contributed by atoms with Crippen molar-refractivity contribution in [3.63, 3.8) is 0 Å². The SMILES string of the molecule is CCc1cc(OCOCC[Si](C)(C)C)c(F)cc1-c1cc2c(c(I)nn2COCC[Si](C)(C)C)c(NCc2ccccc2CNC(=O)OCc2ccccc2)n1. The highest BCUT2D eigenvalue weighted by molar-refractivity contribution is 14.1. The fourth-order valence-corrected chi connectivity index (χ4v) is 8.15. The zero-order valence-corrected chi connectivity index (χ0v) is 37.8. The lowest BCUT2D eigenvalue weighted by atomic mass is 10.0. The summed E-state index contributed by atoms with van der Waals surface area (Å²) in [5.41, 5.74) is 5.81. The summed E-state index contributed by atoms with van der Waals surface area (Å²) in [4.78, 5) is 17.7. The summed E-state index contributed by atoms with van der Waals surface area (Å²) in [6.07, 6.45) is 0.141. The summed E-state index contributed by atoms with van der Waals surface area (Å²) in [5, 5.41) is 12.1. The van der Waals surface area contributed by atoms with Crippen molar-refractivity contribution in [2.24, 2.45) is 0 Å². The molecule has 0 fully saturated rings. The van der Waals surface area contributed by atoms with Gasteiger partial charge in [0, 0.05) is 48.0 Å². The number of amides is 1. The molecule has 2 N–H and O–H groups in total. The third-order valence-corrected chi connectivity index (χ3v) is 13.4. The Balaban J connectivity index is 1.40. The molecule has 5 rings (SSSR count). The second kappa shape index (κ2) is 20.0. The summed E-state index contributed by atoms with van der Waals surface area (Å²) in [5.74, 6) is 0.283. The third-order valence-electron chi connectivity index (χ3n) is 9.21. The van der Waals surface area contributed by atoms with Crippen molar-refractivity contribution in [3.8, 4) is 17.0 Å². The van der Waals surface area contributed by atoms with E-state index in [4.69, 9.17) is 29.0 Å². The van der Waals surface area contributed by atoms with E-state index >= 15 is 4.39 Å². The molecule has 0 radical (unpaired) electrons. The van der Waals surface area contributed by atoms with E-state index < -0.39 is 28.1 Å². The van der Waals surface area contributed by atoms with Crippen LogP contribution in [-0.4, -0.2) is 57.0 Å². The summed E-state index contributed by atoms with van der Waals surface area (Å²) in [6, 6.07) is 24.7. The van der Waals surface area contributed by atoms with Crippen molar-refractivity contribution in [2.75, 3.05) is 25.3 Å². The number of pyridine rings is 1. The van der Waals surface area contributed by atoms with Gasteiger partial charge in [0.05, 0.1) is 16.6 Å². The number of alkyl carbamates (subject to hydrolysis) is 1. The normalized spacial score (nSPS) is 11.9. The van der Waals surface area contributed by atoms with Gasteiger partial charge in [0.1, 0.15) is 22.9 Å². The number of carbonyl (C=O) groups excluding carboxylic acids is 1. The maximum Gasteiger partial charge on any atom is 0.407 e. The summed E-state index contributed by atoms with van der Waals surface area (Å²) in [6.45, 7) is 18.3. The molecule has 2 aromatic heterocycles. The first-order valence-corrected chi connectivity index (χ1v) is 27.6. The van der Waals surface area contributed by atoms with E-state index in [-0.39, 0.29) is 32.4 Å². The van der Waals surface area contributed by atoms with E-state index in [2.05, 4.69) is 72.5 Å². The Hall–Kier alpha value is -3.84. The third kappa shape index (κ3) is 12.8. The number of rotatable bonds is 20. The van der Waals surface area contributed by atoms with Crippen molar-refractivity contribution in [2.45, 2.75) is 91.1 Å². The van der Waals surface area contributed by atoms with Gasteiger partial charge in [0.2, 0.25) is 0 Å². The minimum Gasteiger partial charge on any atom is -0.464 e. The lowest BCUT2D eigenvalue weighted by Crippen LogP contribution is -2.24. The predicted molar refractivity (Wildman–Crippen MR) is 236 cm³/mol. The van der Waals surface area contributed by atoms with Crippen LogP contribution in [0.4, 0.5) is 15.0 Å². The summed E-state index contributed by atoms with van der Waals surface area (Å²) >= 11 is 2.24. The van der Waals surface area contributed by atoms with Crippen LogP contribution in [0, 0.1) is 9.52 Å². The highest BCUT2D eigenvalue weighted by atomic mass is 127.